The molecular weight excluding hydrogens is 336 g/mol. The van der Waals surface area contributed by atoms with Crippen molar-refractivity contribution >= 4 is 27.5 Å². The summed E-state index contributed by atoms with van der Waals surface area (Å²) in [4.78, 5) is 17.0. The third kappa shape index (κ3) is 3.97. The zero-order valence-corrected chi connectivity index (χ0v) is 14.7. The van der Waals surface area contributed by atoms with Crippen LogP contribution in [0.1, 0.15) is 0 Å². The molecule has 0 N–H and O–H groups in total. The molecule has 0 saturated carbocycles. The zero-order chi connectivity index (χ0) is 17.6. The van der Waals surface area contributed by atoms with E-state index in [0.29, 0.717) is 17.1 Å². The molecule has 0 bridgehead atoms. The first-order chi connectivity index (χ1) is 12.2. The maximum absolute atomic E-state index is 12.2. The fourth-order valence-electron chi connectivity index (χ4n) is 2.37. The van der Waals surface area contributed by atoms with Crippen molar-refractivity contribution in [2.75, 3.05) is 13.7 Å². The van der Waals surface area contributed by atoms with E-state index in [1.54, 1.807) is 37.5 Å². The van der Waals surface area contributed by atoms with E-state index in [1.807, 2.05) is 28.8 Å². The number of methoxy groups -OCH3 is 1. The molecule has 0 aliphatic carbocycles. The molecule has 0 radical (unpaired) electrons. The van der Waals surface area contributed by atoms with Crippen LogP contribution in [0.15, 0.2) is 66.2 Å². The summed E-state index contributed by atoms with van der Waals surface area (Å²) in [5.74, 6) is 0.999. The quantitative estimate of drug-likeness (QED) is 0.638. The Bertz CT molecular complexity index is 955. The predicted molar refractivity (Wildman–Crippen MR) is 99.1 cm³/mol. The normalized spacial score (nSPS) is 11.5. The molecule has 6 heteroatoms. The van der Waals surface area contributed by atoms with Crippen LogP contribution in [0.2, 0.25) is 0 Å². The van der Waals surface area contributed by atoms with Crippen molar-refractivity contribution in [1.29, 1.82) is 0 Å². The molecule has 1 heterocycles. The van der Waals surface area contributed by atoms with Crippen molar-refractivity contribution in [3.05, 3.63) is 66.0 Å². The Labute approximate surface area is 149 Å². The number of hydrogen-bond donors (Lipinski definition) is 0. The number of fused-ring (bicyclic) bond motifs is 1. The molecule has 5 nitrogen and oxygen atoms in total. The summed E-state index contributed by atoms with van der Waals surface area (Å²) in [6, 6.07) is 15.0. The second-order valence-electron chi connectivity index (χ2n) is 5.22. The minimum absolute atomic E-state index is 0.116. The second kappa shape index (κ2) is 7.81. The van der Waals surface area contributed by atoms with Gasteiger partial charge in [0.15, 0.2) is 11.4 Å². The number of ether oxygens (including phenoxy) is 2. The Kier molecular flexibility index (Phi) is 5.30. The molecule has 3 rings (SSSR count). The minimum Gasteiger partial charge on any atom is -0.497 e. The number of nitrogens with zero attached hydrogens (tertiary/aromatic N) is 2. The molecule has 0 saturated heterocycles. The van der Waals surface area contributed by atoms with Crippen molar-refractivity contribution in [3.8, 4) is 11.5 Å². The van der Waals surface area contributed by atoms with Gasteiger partial charge in [-0.25, -0.2) is 0 Å². The lowest BCUT2D eigenvalue weighted by Gasteiger charge is -2.04. The molecule has 2 aromatic carbocycles. The van der Waals surface area contributed by atoms with Gasteiger partial charge in [-0.05, 0) is 36.4 Å². The Morgan fingerprint density at radius 3 is 2.64 bits per heavy atom. The number of hydrogen-bond acceptors (Lipinski definition) is 4. The fourth-order valence-corrected chi connectivity index (χ4v) is 3.42. The van der Waals surface area contributed by atoms with Crippen molar-refractivity contribution < 1.29 is 14.3 Å². The monoisotopic (exact) mass is 354 g/mol. The summed E-state index contributed by atoms with van der Waals surface area (Å²) >= 11 is 1.47. The van der Waals surface area contributed by atoms with Gasteiger partial charge in [0.25, 0.3) is 5.91 Å². The number of allylic oxidation sites excluding steroid dienone is 1. The van der Waals surface area contributed by atoms with E-state index in [1.165, 1.54) is 11.3 Å². The molecular formula is C19H18N2O3S. The maximum atomic E-state index is 12.2. The number of aromatic nitrogens is 1. The molecule has 25 heavy (non-hydrogen) atoms. The number of para-hydroxylation sites is 1. The van der Waals surface area contributed by atoms with Gasteiger partial charge in [-0.15, -0.1) is 6.58 Å². The minimum atomic E-state index is -0.333. The van der Waals surface area contributed by atoms with E-state index >= 15 is 0 Å². The fraction of sp³-hybridized carbons (Fsp3) is 0.158. The van der Waals surface area contributed by atoms with E-state index in [9.17, 15) is 4.79 Å². The molecule has 0 fully saturated rings. The Hall–Kier alpha value is -2.86. The van der Waals surface area contributed by atoms with Gasteiger partial charge in [0.05, 0.1) is 17.3 Å². The van der Waals surface area contributed by atoms with Crippen LogP contribution in [0.5, 0.6) is 11.5 Å². The molecule has 0 spiro atoms. The van der Waals surface area contributed by atoms with Crippen LogP contribution in [0.3, 0.4) is 0 Å². The van der Waals surface area contributed by atoms with Crippen molar-refractivity contribution in [2.45, 2.75) is 6.54 Å². The Balaban J connectivity index is 1.79. The Morgan fingerprint density at radius 2 is 1.92 bits per heavy atom. The lowest BCUT2D eigenvalue weighted by Crippen LogP contribution is -2.19. The topological polar surface area (TPSA) is 52.8 Å². The van der Waals surface area contributed by atoms with Crippen molar-refractivity contribution in [3.63, 3.8) is 0 Å². The molecule has 1 amide bonds. The number of thiazole rings is 1. The Morgan fingerprint density at radius 1 is 1.20 bits per heavy atom. The summed E-state index contributed by atoms with van der Waals surface area (Å²) in [6.07, 6.45) is 1.79. The van der Waals surface area contributed by atoms with E-state index in [-0.39, 0.29) is 12.5 Å². The van der Waals surface area contributed by atoms with Crippen LogP contribution in [0.4, 0.5) is 0 Å². The first-order valence-electron chi connectivity index (χ1n) is 7.75. The van der Waals surface area contributed by atoms with Gasteiger partial charge in [-0.3, -0.25) is 4.79 Å². The number of carbonyl (C=O) groups is 1. The molecule has 1 aromatic heterocycles. The summed E-state index contributed by atoms with van der Waals surface area (Å²) in [7, 11) is 1.60. The largest absolute Gasteiger partial charge is 0.497 e. The number of carbonyl (C=O) groups excluding carboxylic acids is 1. The molecule has 0 aliphatic heterocycles. The highest BCUT2D eigenvalue weighted by molar-refractivity contribution is 7.16. The smallest absolute Gasteiger partial charge is 0.286 e. The van der Waals surface area contributed by atoms with Gasteiger partial charge in [0.2, 0.25) is 0 Å². The van der Waals surface area contributed by atoms with Crippen molar-refractivity contribution in [1.82, 2.24) is 4.57 Å². The predicted octanol–water partition coefficient (Wildman–Crippen LogP) is 3.40. The molecule has 0 atom stereocenters. The average molecular weight is 354 g/mol. The maximum Gasteiger partial charge on any atom is 0.286 e. The van der Waals surface area contributed by atoms with Crippen molar-refractivity contribution in [2.24, 2.45) is 4.99 Å². The lowest BCUT2D eigenvalue weighted by molar-refractivity contribution is -0.120. The third-order valence-electron chi connectivity index (χ3n) is 3.54. The first kappa shape index (κ1) is 17.0. The molecule has 128 valence electrons. The second-order valence-corrected chi connectivity index (χ2v) is 6.23. The molecule has 3 aromatic rings. The number of rotatable bonds is 6. The summed E-state index contributed by atoms with van der Waals surface area (Å²) in [5, 5.41) is 0. The summed E-state index contributed by atoms with van der Waals surface area (Å²) in [6.45, 7) is 4.25. The SMILES string of the molecule is C=CCn1c(=NC(=O)COc2ccc(OC)cc2)sc2ccccc21. The average Bonchev–Trinajstić information content (AvgIpc) is 2.98. The van der Waals surface area contributed by atoms with Gasteiger partial charge >= 0.3 is 0 Å². The lowest BCUT2D eigenvalue weighted by atomic mass is 10.3. The van der Waals surface area contributed by atoms with Gasteiger partial charge in [-0.1, -0.05) is 29.5 Å². The van der Waals surface area contributed by atoms with Crippen LogP contribution < -0.4 is 14.3 Å². The van der Waals surface area contributed by atoms with E-state index in [2.05, 4.69) is 11.6 Å². The van der Waals surface area contributed by atoms with Crippen LogP contribution >= 0.6 is 11.3 Å². The van der Waals surface area contributed by atoms with Crippen LogP contribution in [0, 0.1) is 0 Å². The van der Waals surface area contributed by atoms with E-state index < -0.39 is 0 Å². The van der Waals surface area contributed by atoms with Crippen LogP contribution in [0.25, 0.3) is 10.2 Å². The van der Waals surface area contributed by atoms with Crippen LogP contribution in [-0.4, -0.2) is 24.2 Å². The van der Waals surface area contributed by atoms with Gasteiger partial charge in [0, 0.05) is 6.54 Å². The molecule has 0 unspecified atom stereocenters. The summed E-state index contributed by atoms with van der Waals surface area (Å²) < 4.78 is 13.6. The van der Waals surface area contributed by atoms with E-state index in [4.69, 9.17) is 9.47 Å². The van der Waals surface area contributed by atoms with Gasteiger partial charge < -0.3 is 14.0 Å². The zero-order valence-electron chi connectivity index (χ0n) is 13.8. The van der Waals surface area contributed by atoms with E-state index in [0.717, 1.165) is 16.0 Å². The highest BCUT2D eigenvalue weighted by Crippen LogP contribution is 2.18. The number of amides is 1. The first-order valence-corrected chi connectivity index (χ1v) is 8.56. The highest BCUT2D eigenvalue weighted by Gasteiger charge is 2.07. The van der Waals surface area contributed by atoms with Crippen LogP contribution in [-0.2, 0) is 11.3 Å². The number of benzene rings is 2. The van der Waals surface area contributed by atoms with Gasteiger partial charge in [0.1, 0.15) is 11.5 Å². The van der Waals surface area contributed by atoms with Gasteiger partial charge in [-0.2, -0.15) is 4.99 Å². The molecule has 0 aliphatic rings. The third-order valence-corrected chi connectivity index (χ3v) is 4.60. The standard InChI is InChI=1S/C19H18N2O3S/c1-3-12-21-16-6-4-5-7-17(16)25-19(21)20-18(22)13-24-15-10-8-14(23-2)9-11-15/h3-11H,1,12-13H2,2H3. The summed E-state index contributed by atoms with van der Waals surface area (Å²) in [5.41, 5.74) is 1.04. The highest BCUT2D eigenvalue weighted by atomic mass is 32.1.